The summed E-state index contributed by atoms with van der Waals surface area (Å²) in [5.41, 5.74) is 13.5. The molecule has 1 aliphatic rings. The maximum absolute atomic E-state index is 12.3. The van der Waals surface area contributed by atoms with Crippen LogP contribution in [0.1, 0.15) is 84.6 Å². The lowest BCUT2D eigenvalue weighted by molar-refractivity contribution is 0.443. The first kappa shape index (κ1) is 39.6. The van der Waals surface area contributed by atoms with Gasteiger partial charge in [0, 0.05) is 46.3 Å². The van der Waals surface area contributed by atoms with Crippen molar-refractivity contribution in [3.05, 3.63) is 168 Å². The number of aromatic hydroxyl groups is 1. The van der Waals surface area contributed by atoms with Crippen molar-refractivity contribution in [3.63, 3.8) is 0 Å². The van der Waals surface area contributed by atoms with Crippen molar-refractivity contribution >= 4 is 23.7 Å². The second-order valence-corrected chi connectivity index (χ2v) is 18.7. The normalized spacial score (nSPS) is 13.0. The Balaban J connectivity index is 1.35. The highest BCUT2D eigenvalue weighted by atomic mass is 16.4. The molecular weight excluding hydrogens is 721 g/mol. The zero-order valence-electron chi connectivity index (χ0n) is 35.6. The number of aliphatic imine (C=N–C) groups is 1. The number of nitrogens with zero attached hydrogens (tertiary/aromatic N) is 3. The number of hydrogen-bond acceptors (Lipinski definition) is 5. The first-order valence-electron chi connectivity index (χ1n) is 20.5. The predicted molar refractivity (Wildman–Crippen MR) is 247 cm³/mol. The number of fused-ring (bicyclic) bond motifs is 1. The van der Waals surface area contributed by atoms with Crippen LogP contribution in [-0.4, -0.2) is 27.6 Å². The van der Waals surface area contributed by atoms with E-state index in [2.05, 4.69) is 159 Å². The molecule has 0 spiro atoms. The Morgan fingerprint density at radius 1 is 0.525 bits per heavy atom. The Bertz CT molecular complexity index is 2690. The molecule has 2 aromatic heterocycles. The highest BCUT2D eigenvalue weighted by Gasteiger charge is 2.41. The third-order valence-corrected chi connectivity index (χ3v) is 11.3. The third-order valence-electron chi connectivity index (χ3n) is 11.3. The lowest BCUT2D eigenvalue weighted by Gasteiger charge is -2.29. The zero-order chi connectivity index (χ0) is 41.7. The van der Waals surface area contributed by atoms with E-state index in [4.69, 9.17) is 19.6 Å². The summed E-state index contributed by atoms with van der Waals surface area (Å²) in [6, 6.07) is 44.1. The van der Waals surface area contributed by atoms with Gasteiger partial charge in [-0.15, -0.1) is 0 Å². The summed E-state index contributed by atoms with van der Waals surface area (Å²) in [6.07, 6.45) is 5.60. The van der Waals surface area contributed by atoms with Crippen LogP contribution in [0.25, 0.3) is 44.6 Å². The first-order chi connectivity index (χ1) is 28.1. The van der Waals surface area contributed by atoms with E-state index >= 15 is 0 Å². The fraction of sp³-hybridized carbons (Fsp3) is 0.226. The Kier molecular flexibility index (Phi) is 10.2. The highest BCUT2D eigenvalue weighted by Crippen LogP contribution is 2.43. The lowest BCUT2D eigenvalue weighted by Crippen LogP contribution is -2.43. The molecule has 0 radical (unpaired) electrons. The van der Waals surface area contributed by atoms with E-state index in [0.29, 0.717) is 11.2 Å². The van der Waals surface area contributed by atoms with Crippen LogP contribution in [0.2, 0.25) is 0 Å². The molecule has 1 N–H and O–H groups in total. The minimum Gasteiger partial charge on any atom is -0.550 e. The summed E-state index contributed by atoms with van der Waals surface area (Å²) in [4.78, 5) is 15.1. The van der Waals surface area contributed by atoms with Crippen LogP contribution >= 0.6 is 0 Å². The fourth-order valence-corrected chi connectivity index (χ4v) is 7.95. The van der Waals surface area contributed by atoms with Gasteiger partial charge in [0.2, 0.25) is 0 Å². The van der Waals surface area contributed by atoms with Gasteiger partial charge in [-0.2, -0.15) is 0 Å². The van der Waals surface area contributed by atoms with Crippen LogP contribution in [0.15, 0.2) is 151 Å². The van der Waals surface area contributed by atoms with Gasteiger partial charge in [-0.25, -0.2) is 0 Å². The van der Waals surface area contributed by atoms with E-state index in [1.807, 2.05) is 48.9 Å². The molecular formula is C53H52BN3O2. The SMILES string of the molecule is CC(C)(C)c1cc(C2=Nc3c(cncc3-c3ccc(-c4ccccc4)c(-c4ccccn4)c3)B2Oc2ccc(-c3ccccc3)cc2C(C)(C)C)c(O)c(C(C)(C)C)c1. The summed E-state index contributed by atoms with van der Waals surface area (Å²) in [7, 11) is 0. The Hall–Kier alpha value is -6.27. The molecule has 3 heterocycles. The largest absolute Gasteiger partial charge is 0.550 e. The average Bonchev–Trinajstić information content (AvgIpc) is 3.58. The zero-order valence-corrected chi connectivity index (χ0v) is 35.6. The van der Waals surface area contributed by atoms with Crippen molar-refractivity contribution in [3.8, 4) is 56.1 Å². The molecule has 59 heavy (non-hydrogen) atoms. The minimum atomic E-state index is -0.658. The van der Waals surface area contributed by atoms with Crippen molar-refractivity contribution in [1.82, 2.24) is 9.97 Å². The van der Waals surface area contributed by atoms with Crippen LogP contribution in [-0.2, 0) is 16.2 Å². The summed E-state index contributed by atoms with van der Waals surface area (Å²) in [6.45, 7) is 19.0. The van der Waals surface area contributed by atoms with Crippen LogP contribution in [0.4, 0.5) is 5.69 Å². The van der Waals surface area contributed by atoms with Crippen LogP contribution < -0.4 is 10.1 Å². The van der Waals surface area contributed by atoms with Gasteiger partial charge >= 0.3 is 6.92 Å². The molecule has 0 aliphatic carbocycles. The molecule has 0 atom stereocenters. The van der Waals surface area contributed by atoms with Crippen molar-refractivity contribution in [1.29, 1.82) is 0 Å². The molecule has 0 amide bonds. The molecule has 0 fully saturated rings. The second-order valence-electron chi connectivity index (χ2n) is 18.7. The standard InChI is InChI=1S/C53H52BN3O2/c1-51(2,3)38-30-41(49(58)44(31-38)53(7,8)9)50-54(59-47-26-24-36(29-43(47)52(4,5)6)34-18-12-10-13-19-34)45-33-55-32-42(48(45)57-50)37-23-25-39(35-20-14-11-15-21-35)40(28-37)46-22-16-17-27-56-46/h10-33,58H,1-9H3. The van der Waals surface area contributed by atoms with E-state index in [1.165, 1.54) is 0 Å². The van der Waals surface area contributed by atoms with Gasteiger partial charge in [0.05, 0.1) is 17.0 Å². The Morgan fingerprint density at radius 3 is 1.83 bits per heavy atom. The monoisotopic (exact) mass is 773 g/mol. The van der Waals surface area contributed by atoms with Crippen LogP contribution in [0, 0.1) is 0 Å². The fourth-order valence-electron chi connectivity index (χ4n) is 7.95. The molecule has 1 aliphatic heterocycles. The van der Waals surface area contributed by atoms with Crippen molar-refractivity contribution in [2.75, 3.05) is 0 Å². The number of phenolic OH excluding ortho intramolecular Hbond substituents is 1. The van der Waals surface area contributed by atoms with Crippen molar-refractivity contribution < 1.29 is 9.76 Å². The van der Waals surface area contributed by atoms with Crippen molar-refractivity contribution in [2.45, 2.75) is 78.6 Å². The maximum Gasteiger partial charge on any atom is 0.450 e. The molecule has 0 unspecified atom stereocenters. The van der Waals surface area contributed by atoms with E-state index in [-0.39, 0.29) is 22.0 Å². The number of hydrogen-bond donors (Lipinski definition) is 1. The molecule has 0 bridgehead atoms. The summed E-state index contributed by atoms with van der Waals surface area (Å²) in [5, 5.41) is 12.3. The van der Waals surface area contributed by atoms with Gasteiger partial charge in [-0.3, -0.25) is 15.0 Å². The van der Waals surface area contributed by atoms with E-state index in [9.17, 15) is 5.11 Å². The highest BCUT2D eigenvalue weighted by molar-refractivity contribution is 7.01. The minimum absolute atomic E-state index is 0.188. The topological polar surface area (TPSA) is 67.6 Å². The molecule has 5 nitrogen and oxygen atoms in total. The number of phenols is 1. The molecule has 0 saturated heterocycles. The molecule has 7 aromatic rings. The number of pyridine rings is 2. The lowest BCUT2D eigenvalue weighted by atomic mass is 9.55. The molecule has 8 rings (SSSR count). The molecule has 6 heteroatoms. The van der Waals surface area contributed by atoms with Gasteiger partial charge in [0.1, 0.15) is 11.5 Å². The first-order valence-corrected chi connectivity index (χ1v) is 20.5. The van der Waals surface area contributed by atoms with Gasteiger partial charge in [-0.1, -0.05) is 153 Å². The van der Waals surface area contributed by atoms with Crippen LogP contribution in [0.3, 0.4) is 0 Å². The van der Waals surface area contributed by atoms with Gasteiger partial charge in [-0.05, 0) is 91.6 Å². The van der Waals surface area contributed by atoms with E-state index in [0.717, 1.165) is 78.2 Å². The third kappa shape index (κ3) is 7.84. The molecule has 5 aromatic carbocycles. The summed E-state index contributed by atoms with van der Waals surface area (Å²) < 4.78 is 7.29. The van der Waals surface area contributed by atoms with E-state index in [1.54, 1.807) is 0 Å². The molecule has 294 valence electrons. The Morgan fingerprint density at radius 2 is 1.19 bits per heavy atom. The van der Waals surface area contributed by atoms with Gasteiger partial charge in [0.15, 0.2) is 0 Å². The quantitative estimate of drug-likeness (QED) is 0.164. The van der Waals surface area contributed by atoms with Gasteiger partial charge in [0.25, 0.3) is 0 Å². The predicted octanol–water partition coefficient (Wildman–Crippen LogP) is 12.7. The average molecular weight is 774 g/mol. The maximum atomic E-state index is 12.3. The summed E-state index contributed by atoms with van der Waals surface area (Å²) in [5.74, 6) is 0.987. The second kappa shape index (κ2) is 15.2. The number of benzene rings is 5. The number of aromatic nitrogens is 2. The number of rotatable bonds is 7. The summed E-state index contributed by atoms with van der Waals surface area (Å²) >= 11 is 0. The van der Waals surface area contributed by atoms with Gasteiger partial charge < -0.3 is 9.76 Å². The van der Waals surface area contributed by atoms with Crippen molar-refractivity contribution in [2.24, 2.45) is 4.99 Å². The van der Waals surface area contributed by atoms with Crippen LogP contribution in [0.5, 0.6) is 11.5 Å². The molecule has 0 saturated carbocycles. The van der Waals surface area contributed by atoms with E-state index < -0.39 is 6.92 Å². The smallest absolute Gasteiger partial charge is 0.450 e. The Labute approximate surface area is 350 Å².